The Bertz CT molecular complexity index is 1390. The lowest BCUT2D eigenvalue weighted by Gasteiger charge is -2.30. The Hall–Kier alpha value is -2.97. The summed E-state index contributed by atoms with van der Waals surface area (Å²) >= 11 is 6.15. The van der Waals surface area contributed by atoms with Crippen LogP contribution in [0.1, 0.15) is 63.6 Å². The molecule has 0 saturated carbocycles. The van der Waals surface area contributed by atoms with Crippen LogP contribution in [0.5, 0.6) is 0 Å². The molecule has 0 atom stereocenters. The lowest BCUT2D eigenvalue weighted by Crippen LogP contribution is -2.35. The van der Waals surface area contributed by atoms with Gasteiger partial charge in [0.2, 0.25) is 15.9 Å². The number of nitrogens with zero attached hydrogens (tertiary/aromatic N) is 3. The second-order valence-corrected chi connectivity index (χ2v) is 13.1. The fraction of sp³-hybridized carbons (Fsp3) is 0.433. The summed E-state index contributed by atoms with van der Waals surface area (Å²) in [6, 6.07) is 16.1. The van der Waals surface area contributed by atoms with Crippen LogP contribution in [0.4, 0.5) is 5.82 Å². The molecule has 0 fully saturated rings. The molecular formula is C30H37ClN4O3S. The summed E-state index contributed by atoms with van der Waals surface area (Å²) < 4.78 is 25.8. The van der Waals surface area contributed by atoms with Gasteiger partial charge in [0.05, 0.1) is 22.3 Å². The van der Waals surface area contributed by atoms with Gasteiger partial charge in [-0.25, -0.2) is 18.4 Å². The molecule has 9 heteroatoms. The normalized spacial score (nSPS) is 13.4. The number of nitrogens with one attached hydrogen (secondary N) is 1. The Labute approximate surface area is 237 Å². The molecule has 0 spiro atoms. The summed E-state index contributed by atoms with van der Waals surface area (Å²) in [6.45, 7) is 6.99. The Balaban J connectivity index is 1.43. The van der Waals surface area contributed by atoms with Crippen LogP contribution in [0.25, 0.3) is 22.5 Å². The average Bonchev–Trinajstić information content (AvgIpc) is 2.90. The van der Waals surface area contributed by atoms with Gasteiger partial charge in [-0.1, -0.05) is 66.4 Å². The molecule has 0 radical (unpaired) electrons. The second-order valence-electron chi connectivity index (χ2n) is 10.4. The van der Waals surface area contributed by atoms with Gasteiger partial charge in [0.1, 0.15) is 0 Å². The van der Waals surface area contributed by atoms with E-state index in [-0.39, 0.29) is 6.42 Å². The number of aryl methyl sites for hydroxylation is 2. The molecular weight excluding hydrogens is 532 g/mol. The molecule has 0 unspecified atom stereocenters. The van der Waals surface area contributed by atoms with Crippen molar-refractivity contribution in [2.45, 2.75) is 71.0 Å². The van der Waals surface area contributed by atoms with E-state index in [0.717, 1.165) is 79.2 Å². The number of aromatic nitrogens is 2. The molecule has 2 heterocycles. The fourth-order valence-electron chi connectivity index (χ4n) is 4.63. The van der Waals surface area contributed by atoms with Crippen molar-refractivity contribution in [2.24, 2.45) is 0 Å². The standard InChI is InChI=1S/C30H37ClN4O3S/c1-21(2)39(37,38)34-27(36)10-6-4-5-7-19-35-20-8-9-26-30(35)33-29(23-13-11-22(3)12-14-23)28(32-26)24-15-17-25(31)18-16-24/h11-18,21H,4-10,19-20H2,1-3H3,(H,34,36). The number of unbranched alkanes of at least 4 members (excludes halogenated alkanes) is 3. The Morgan fingerprint density at radius 2 is 1.56 bits per heavy atom. The van der Waals surface area contributed by atoms with Gasteiger partial charge < -0.3 is 4.90 Å². The van der Waals surface area contributed by atoms with Gasteiger partial charge in [-0.2, -0.15) is 0 Å². The highest BCUT2D eigenvalue weighted by atomic mass is 35.5. The van der Waals surface area contributed by atoms with Crippen molar-refractivity contribution in [2.75, 3.05) is 18.0 Å². The summed E-state index contributed by atoms with van der Waals surface area (Å²) in [7, 11) is -3.56. The van der Waals surface area contributed by atoms with Crippen molar-refractivity contribution in [3.63, 3.8) is 0 Å². The molecule has 1 aromatic heterocycles. The summed E-state index contributed by atoms with van der Waals surface area (Å²) in [5, 5.41) is 0.0692. The summed E-state index contributed by atoms with van der Waals surface area (Å²) in [4.78, 5) is 24.6. The largest absolute Gasteiger partial charge is 0.355 e. The zero-order valence-corrected chi connectivity index (χ0v) is 24.5. The SMILES string of the molecule is Cc1ccc(-c2nc3c(nc2-c2ccc(Cl)cc2)CCCN3CCCCCCC(=O)NS(=O)(=O)C(C)C)cc1. The first kappa shape index (κ1) is 29.0. The van der Waals surface area contributed by atoms with Crippen LogP contribution >= 0.6 is 11.6 Å². The van der Waals surface area contributed by atoms with E-state index in [2.05, 4.69) is 40.8 Å². The van der Waals surface area contributed by atoms with E-state index in [1.54, 1.807) is 13.8 Å². The van der Waals surface area contributed by atoms with E-state index < -0.39 is 21.2 Å². The highest BCUT2D eigenvalue weighted by molar-refractivity contribution is 7.90. The van der Waals surface area contributed by atoms with Crippen molar-refractivity contribution in [3.05, 3.63) is 64.8 Å². The van der Waals surface area contributed by atoms with Crippen LogP contribution in [-0.4, -0.2) is 42.6 Å². The van der Waals surface area contributed by atoms with Crippen molar-refractivity contribution >= 4 is 33.3 Å². The van der Waals surface area contributed by atoms with Crippen LogP contribution in [0.3, 0.4) is 0 Å². The average molecular weight is 569 g/mol. The molecule has 1 aliphatic rings. The molecule has 208 valence electrons. The van der Waals surface area contributed by atoms with Crippen molar-refractivity contribution in [1.82, 2.24) is 14.7 Å². The van der Waals surface area contributed by atoms with Crippen LogP contribution < -0.4 is 9.62 Å². The Morgan fingerprint density at radius 1 is 0.949 bits per heavy atom. The first-order valence-electron chi connectivity index (χ1n) is 13.7. The van der Waals surface area contributed by atoms with Crippen LogP contribution in [0, 0.1) is 6.92 Å². The second kappa shape index (κ2) is 12.9. The smallest absolute Gasteiger partial charge is 0.237 e. The maximum Gasteiger partial charge on any atom is 0.237 e. The molecule has 0 aliphatic carbocycles. The lowest BCUT2D eigenvalue weighted by atomic mass is 10.0. The Kier molecular flexibility index (Phi) is 9.62. The van der Waals surface area contributed by atoms with Gasteiger partial charge >= 0.3 is 0 Å². The summed E-state index contributed by atoms with van der Waals surface area (Å²) in [5.41, 5.74) is 5.97. The van der Waals surface area contributed by atoms with Gasteiger partial charge in [0, 0.05) is 35.7 Å². The molecule has 1 amide bonds. The number of amides is 1. The minimum atomic E-state index is -3.56. The number of halogens is 1. The molecule has 4 rings (SSSR count). The number of rotatable bonds is 11. The van der Waals surface area contributed by atoms with Gasteiger partial charge in [0.25, 0.3) is 0 Å². The number of fused-ring (bicyclic) bond motifs is 1. The highest BCUT2D eigenvalue weighted by Crippen LogP contribution is 2.35. The number of sulfonamides is 1. The quantitative estimate of drug-likeness (QED) is 0.272. The number of carbonyl (C=O) groups excluding carboxylic acids is 1. The van der Waals surface area contributed by atoms with E-state index in [9.17, 15) is 13.2 Å². The third-order valence-corrected chi connectivity index (χ3v) is 8.99. The minimum absolute atomic E-state index is 0.220. The van der Waals surface area contributed by atoms with Crippen molar-refractivity contribution in [1.29, 1.82) is 0 Å². The topological polar surface area (TPSA) is 92.3 Å². The van der Waals surface area contributed by atoms with Crippen molar-refractivity contribution < 1.29 is 13.2 Å². The fourth-order valence-corrected chi connectivity index (χ4v) is 5.42. The van der Waals surface area contributed by atoms with Gasteiger partial charge in [-0.05, 0) is 58.6 Å². The maximum absolute atomic E-state index is 12.0. The number of hydrogen-bond donors (Lipinski definition) is 1. The summed E-state index contributed by atoms with van der Waals surface area (Å²) in [5.74, 6) is 0.525. The zero-order valence-electron chi connectivity index (χ0n) is 22.9. The maximum atomic E-state index is 12.0. The molecule has 1 aliphatic heterocycles. The van der Waals surface area contributed by atoms with Crippen LogP contribution in [0.2, 0.25) is 5.02 Å². The Morgan fingerprint density at radius 3 is 2.23 bits per heavy atom. The molecule has 7 nitrogen and oxygen atoms in total. The number of hydrogen-bond acceptors (Lipinski definition) is 6. The van der Waals surface area contributed by atoms with E-state index >= 15 is 0 Å². The monoisotopic (exact) mass is 568 g/mol. The molecule has 0 bridgehead atoms. The van der Waals surface area contributed by atoms with E-state index in [1.165, 1.54) is 5.56 Å². The van der Waals surface area contributed by atoms with Gasteiger partial charge in [0.15, 0.2) is 5.82 Å². The molecule has 3 aromatic rings. The van der Waals surface area contributed by atoms with Crippen LogP contribution in [-0.2, 0) is 21.2 Å². The molecule has 0 saturated heterocycles. The van der Waals surface area contributed by atoms with E-state index in [4.69, 9.17) is 21.6 Å². The highest BCUT2D eigenvalue weighted by Gasteiger charge is 2.24. The zero-order chi connectivity index (χ0) is 28.0. The number of carbonyl (C=O) groups is 1. The van der Waals surface area contributed by atoms with E-state index in [1.807, 2.05) is 24.3 Å². The third kappa shape index (κ3) is 7.57. The predicted octanol–water partition coefficient (Wildman–Crippen LogP) is 6.33. The minimum Gasteiger partial charge on any atom is -0.355 e. The molecule has 39 heavy (non-hydrogen) atoms. The third-order valence-electron chi connectivity index (χ3n) is 6.99. The van der Waals surface area contributed by atoms with Crippen LogP contribution in [0.15, 0.2) is 48.5 Å². The number of anilines is 1. The first-order chi connectivity index (χ1) is 18.6. The van der Waals surface area contributed by atoms with Gasteiger partial charge in [-0.15, -0.1) is 0 Å². The van der Waals surface area contributed by atoms with Crippen molar-refractivity contribution in [3.8, 4) is 22.5 Å². The lowest BCUT2D eigenvalue weighted by molar-refractivity contribution is -0.119. The van der Waals surface area contributed by atoms with Gasteiger partial charge in [-0.3, -0.25) is 9.52 Å². The predicted molar refractivity (Wildman–Crippen MR) is 158 cm³/mol. The first-order valence-corrected chi connectivity index (χ1v) is 15.6. The number of benzene rings is 2. The molecule has 2 aromatic carbocycles. The van der Waals surface area contributed by atoms with E-state index in [0.29, 0.717) is 11.4 Å². The molecule has 1 N–H and O–H groups in total. The summed E-state index contributed by atoms with van der Waals surface area (Å²) in [6.07, 6.45) is 5.59.